The van der Waals surface area contributed by atoms with Crippen LogP contribution in [0.2, 0.25) is 0 Å². The number of anilines is 1. The van der Waals surface area contributed by atoms with Crippen molar-refractivity contribution in [1.29, 1.82) is 0 Å². The van der Waals surface area contributed by atoms with E-state index in [0.717, 1.165) is 11.3 Å². The molecule has 0 spiro atoms. The number of benzene rings is 1. The lowest BCUT2D eigenvalue weighted by molar-refractivity contribution is 0.0946. The number of nitrogens with one attached hydrogen (secondary N) is 2. The lowest BCUT2D eigenvalue weighted by Gasteiger charge is -2.11. The Hall–Kier alpha value is -2.36. The van der Waals surface area contributed by atoms with Gasteiger partial charge in [0.25, 0.3) is 5.91 Å². The second-order valence-corrected chi connectivity index (χ2v) is 4.90. The molecule has 104 valence electrons. The Balaban J connectivity index is 1.98. The monoisotopic (exact) mass is 269 g/mol. The Labute approximate surface area is 119 Å². The van der Waals surface area contributed by atoms with Crippen molar-refractivity contribution in [2.45, 2.75) is 26.4 Å². The normalized spacial score (nSPS) is 10.3. The molecule has 0 saturated carbocycles. The lowest BCUT2D eigenvalue weighted by atomic mass is 10.2. The number of hydrogen-bond acceptors (Lipinski definition) is 3. The zero-order valence-corrected chi connectivity index (χ0v) is 11.8. The van der Waals surface area contributed by atoms with Crippen LogP contribution in [0.5, 0.6) is 0 Å². The van der Waals surface area contributed by atoms with Crippen molar-refractivity contribution in [3.63, 3.8) is 0 Å². The summed E-state index contributed by atoms with van der Waals surface area (Å²) in [7, 11) is 0. The topological polar surface area (TPSA) is 54.0 Å². The third kappa shape index (κ3) is 4.09. The summed E-state index contributed by atoms with van der Waals surface area (Å²) < 4.78 is 0. The standard InChI is InChI=1S/C16H19N3O/c1-12(2)19-14-8-9-17-15(10-14)16(20)18-11-13-6-4-3-5-7-13/h3-10,12H,11H2,1-2H3,(H,17,19)(H,18,20). The van der Waals surface area contributed by atoms with Gasteiger partial charge in [-0.15, -0.1) is 0 Å². The van der Waals surface area contributed by atoms with Gasteiger partial charge in [0.1, 0.15) is 5.69 Å². The molecule has 0 aliphatic carbocycles. The van der Waals surface area contributed by atoms with Crippen LogP contribution >= 0.6 is 0 Å². The SMILES string of the molecule is CC(C)Nc1ccnc(C(=O)NCc2ccccc2)c1. The summed E-state index contributed by atoms with van der Waals surface area (Å²) in [6.07, 6.45) is 1.64. The second kappa shape index (κ2) is 6.70. The first-order chi connectivity index (χ1) is 9.65. The Morgan fingerprint density at radius 2 is 1.95 bits per heavy atom. The highest BCUT2D eigenvalue weighted by atomic mass is 16.1. The molecule has 0 fully saturated rings. The Morgan fingerprint density at radius 3 is 2.65 bits per heavy atom. The number of carbonyl (C=O) groups is 1. The van der Waals surface area contributed by atoms with Crippen LogP contribution in [-0.4, -0.2) is 16.9 Å². The van der Waals surface area contributed by atoms with Gasteiger partial charge in [-0.25, -0.2) is 0 Å². The van der Waals surface area contributed by atoms with Gasteiger partial charge in [-0.1, -0.05) is 30.3 Å². The molecule has 20 heavy (non-hydrogen) atoms. The number of amides is 1. The van der Waals surface area contributed by atoms with Gasteiger partial charge in [-0.05, 0) is 31.5 Å². The molecule has 1 amide bonds. The minimum absolute atomic E-state index is 0.166. The van der Waals surface area contributed by atoms with E-state index in [2.05, 4.69) is 29.5 Å². The fourth-order valence-corrected chi connectivity index (χ4v) is 1.85. The molecule has 0 aliphatic rings. The van der Waals surface area contributed by atoms with Crippen molar-refractivity contribution in [3.8, 4) is 0 Å². The van der Waals surface area contributed by atoms with E-state index in [1.807, 2.05) is 36.4 Å². The molecule has 0 unspecified atom stereocenters. The van der Waals surface area contributed by atoms with Crippen molar-refractivity contribution in [2.75, 3.05) is 5.32 Å². The zero-order valence-electron chi connectivity index (χ0n) is 11.8. The highest BCUT2D eigenvalue weighted by molar-refractivity contribution is 5.93. The van der Waals surface area contributed by atoms with E-state index in [-0.39, 0.29) is 5.91 Å². The van der Waals surface area contributed by atoms with Crippen LogP contribution in [0.3, 0.4) is 0 Å². The van der Waals surface area contributed by atoms with Crippen molar-refractivity contribution in [2.24, 2.45) is 0 Å². The van der Waals surface area contributed by atoms with Crippen molar-refractivity contribution in [3.05, 3.63) is 59.9 Å². The van der Waals surface area contributed by atoms with E-state index in [1.165, 1.54) is 0 Å². The van der Waals surface area contributed by atoms with Crippen molar-refractivity contribution in [1.82, 2.24) is 10.3 Å². The number of hydrogen-bond donors (Lipinski definition) is 2. The van der Waals surface area contributed by atoms with Crippen molar-refractivity contribution < 1.29 is 4.79 Å². The fourth-order valence-electron chi connectivity index (χ4n) is 1.85. The molecule has 2 rings (SSSR count). The van der Waals surface area contributed by atoms with Crippen LogP contribution in [0.1, 0.15) is 29.9 Å². The van der Waals surface area contributed by atoms with Gasteiger partial charge in [-0.3, -0.25) is 9.78 Å². The fraction of sp³-hybridized carbons (Fsp3) is 0.250. The first-order valence-corrected chi connectivity index (χ1v) is 6.70. The van der Waals surface area contributed by atoms with Crippen molar-refractivity contribution >= 4 is 11.6 Å². The van der Waals surface area contributed by atoms with Gasteiger partial charge < -0.3 is 10.6 Å². The first-order valence-electron chi connectivity index (χ1n) is 6.70. The largest absolute Gasteiger partial charge is 0.383 e. The maximum Gasteiger partial charge on any atom is 0.270 e. The van der Waals surface area contributed by atoms with E-state index >= 15 is 0 Å². The molecule has 1 aromatic heterocycles. The minimum Gasteiger partial charge on any atom is -0.383 e. The summed E-state index contributed by atoms with van der Waals surface area (Å²) in [4.78, 5) is 16.2. The van der Waals surface area contributed by atoms with E-state index in [4.69, 9.17) is 0 Å². The van der Waals surface area contributed by atoms with Gasteiger partial charge in [-0.2, -0.15) is 0 Å². The molecule has 4 nitrogen and oxygen atoms in total. The molecule has 1 heterocycles. The van der Waals surface area contributed by atoms with Crippen LogP contribution in [0.15, 0.2) is 48.7 Å². The zero-order chi connectivity index (χ0) is 14.4. The minimum atomic E-state index is -0.166. The molecule has 2 aromatic rings. The Kier molecular flexibility index (Phi) is 4.71. The van der Waals surface area contributed by atoms with Gasteiger partial charge in [0.15, 0.2) is 0 Å². The highest BCUT2D eigenvalue weighted by Gasteiger charge is 2.08. The third-order valence-electron chi connectivity index (χ3n) is 2.74. The molecule has 4 heteroatoms. The van der Waals surface area contributed by atoms with Gasteiger partial charge in [0.05, 0.1) is 0 Å². The molecule has 0 radical (unpaired) electrons. The van der Waals surface area contributed by atoms with E-state index < -0.39 is 0 Å². The summed E-state index contributed by atoms with van der Waals surface area (Å²) in [5.41, 5.74) is 2.39. The highest BCUT2D eigenvalue weighted by Crippen LogP contribution is 2.09. The molecule has 0 atom stereocenters. The van der Waals surface area contributed by atoms with E-state index in [1.54, 1.807) is 12.3 Å². The van der Waals surface area contributed by atoms with Gasteiger partial charge in [0, 0.05) is 24.5 Å². The van der Waals surface area contributed by atoms with Gasteiger partial charge in [0.2, 0.25) is 0 Å². The Morgan fingerprint density at radius 1 is 1.20 bits per heavy atom. The van der Waals surface area contributed by atoms with Crippen LogP contribution in [-0.2, 0) is 6.54 Å². The van der Waals surface area contributed by atoms with Crippen LogP contribution in [0.25, 0.3) is 0 Å². The summed E-state index contributed by atoms with van der Waals surface area (Å²) in [5.74, 6) is -0.166. The molecular weight excluding hydrogens is 250 g/mol. The second-order valence-electron chi connectivity index (χ2n) is 4.90. The number of nitrogens with zero attached hydrogens (tertiary/aromatic N) is 1. The summed E-state index contributed by atoms with van der Waals surface area (Å²) in [6, 6.07) is 13.7. The van der Waals surface area contributed by atoms with E-state index in [9.17, 15) is 4.79 Å². The molecule has 0 aliphatic heterocycles. The maximum absolute atomic E-state index is 12.1. The number of pyridine rings is 1. The summed E-state index contributed by atoms with van der Waals surface area (Å²) >= 11 is 0. The first kappa shape index (κ1) is 14.1. The predicted molar refractivity (Wildman–Crippen MR) is 80.6 cm³/mol. The smallest absolute Gasteiger partial charge is 0.270 e. The Bertz CT molecular complexity index is 567. The molecule has 0 saturated heterocycles. The van der Waals surface area contributed by atoms with E-state index in [0.29, 0.717) is 18.3 Å². The van der Waals surface area contributed by atoms with Crippen LogP contribution in [0.4, 0.5) is 5.69 Å². The van der Waals surface area contributed by atoms with Crippen LogP contribution in [0, 0.1) is 0 Å². The lowest BCUT2D eigenvalue weighted by Crippen LogP contribution is -2.24. The molecule has 0 bridgehead atoms. The van der Waals surface area contributed by atoms with Crippen LogP contribution < -0.4 is 10.6 Å². The number of aromatic nitrogens is 1. The molecular formula is C16H19N3O. The third-order valence-corrected chi connectivity index (χ3v) is 2.74. The summed E-state index contributed by atoms with van der Waals surface area (Å²) in [6.45, 7) is 4.61. The maximum atomic E-state index is 12.1. The van der Waals surface area contributed by atoms with Gasteiger partial charge >= 0.3 is 0 Å². The number of rotatable bonds is 5. The molecule has 2 N–H and O–H groups in total. The quantitative estimate of drug-likeness (QED) is 0.877. The number of carbonyl (C=O) groups excluding carboxylic acids is 1. The predicted octanol–water partition coefficient (Wildman–Crippen LogP) is 2.83. The summed E-state index contributed by atoms with van der Waals surface area (Å²) in [5, 5.41) is 6.12. The molecule has 1 aromatic carbocycles. The average molecular weight is 269 g/mol. The average Bonchev–Trinajstić information content (AvgIpc) is 2.45.